The summed E-state index contributed by atoms with van der Waals surface area (Å²) in [6.45, 7) is 0. The van der Waals surface area contributed by atoms with Crippen molar-refractivity contribution in [3.8, 4) is 0 Å². The molecule has 0 aliphatic rings. The molecule has 0 heterocycles. The lowest BCUT2D eigenvalue weighted by atomic mass is 9.91. The molecule has 0 spiro atoms. The highest BCUT2D eigenvalue weighted by Gasteiger charge is 2.53. The lowest BCUT2D eigenvalue weighted by Gasteiger charge is -2.22. The third kappa shape index (κ3) is 3.08. The minimum Gasteiger partial charge on any atom is -0.479 e. The Kier molecular flexibility index (Phi) is 4.73. The average molecular weight is 280 g/mol. The molecule has 0 aromatic heterocycles. The second-order valence-corrected chi connectivity index (χ2v) is 3.92. The van der Waals surface area contributed by atoms with Gasteiger partial charge >= 0.3 is 11.9 Å². The van der Waals surface area contributed by atoms with Gasteiger partial charge in [-0.15, -0.1) is 0 Å². The highest BCUT2D eigenvalue weighted by molar-refractivity contribution is 6.16. The monoisotopic (exact) mass is 280 g/mol. The number of aliphatic hydroxyl groups excluding tert-OH is 1. The molecule has 0 fully saturated rings. The smallest absolute Gasteiger partial charge is 0.347 e. The van der Waals surface area contributed by atoms with Crippen molar-refractivity contribution >= 4 is 23.8 Å². The number of carbonyl (C=O) groups is 3. The van der Waals surface area contributed by atoms with Crippen LogP contribution < -0.4 is 0 Å². The van der Waals surface area contributed by atoms with Gasteiger partial charge in [0, 0.05) is 0 Å². The van der Waals surface area contributed by atoms with E-state index in [0.29, 0.717) is 11.6 Å². The van der Waals surface area contributed by atoms with Crippen molar-refractivity contribution in [1.82, 2.24) is 0 Å². The molecule has 0 amide bonds. The van der Waals surface area contributed by atoms with E-state index in [1.54, 1.807) is 30.3 Å². The summed E-state index contributed by atoms with van der Waals surface area (Å²) >= 11 is 0. The number of carboxylic acids is 2. The number of ketones is 1. The summed E-state index contributed by atoms with van der Waals surface area (Å²) in [5, 5.41) is 36.2. The summed E-state index contributed by atoms with van der Waals surface area (Å²) < 4.78 is 0. The third-order valence-corrected chi connectivity index (χ3v) is 2.56. The molecule has 7 heteroatoms. The van der Waals surface area contributed by atoms with Gasteiger partial charge in [-0.05, 0) is 11.6 Å². The van der Waals surface area contributed by atoms with E-state index in [4.69, 9.17) is 10.2 Å². The first-order valence-corrected chi connectivity index (χ1v) is 5.44. The second kappa shape index (κ2) is 6.09. The fourth-order valence-electron chi connectivity index (χ4n) is 1.40. The van der Waals surface area contributed by atoms with E-state index in [0.717, 1.165) is 0 Å². The van der Waals surface area contributed by atoms with Gasteiger partial charge in [0.25, 0.3) is 5.60 Å². The largest absolute Gasteiger partial charge is 0.479 e. The molecular weight excluding hydrogens is 268 g/mol. The van der Waals surface area contributed by atoms with E-state index in [2.05, 4.69) is 0 Å². The standard InChI is InChI=1S/C13H12O7/c14-9(7-6-8-4-2-1-3-5-8)13(20,12(18)19)10(15)11(16)17/h1-7,10,15,20H,(H,16,17)(H,18,19)/t10-,13-/m1/s1. The third-order valence-electron chi connectivity index (χ3n) is 2.56. The minimum atomic E-state index is -3.43. The number of hydrogen-bond donors (Lipinski definition) is 4. The Morgan fingerprint density at radius 3 is 2.10 bits per heavy atom. The fraction of sp³-hybridized carbons (Fsp3) is 0.154. The maximum atomic E-state index is 11.7. The summed E-state index contributed by atoms with van der Waals surface area (Å²) in [6.07, 6.45) is -0.867. The lowest BCUT2D eigenvalue weighted by Crippen LogP contribution is -2.58. The summed E-state index contributed by atoms with van der Waals surface area (Å²) in [5.41, 5.74) is -2.89. The molecule has 2 atom stereocenters. The van der Waals surface area contributed by atoms with E-state index >= 15 is 0 Å². The van der Waals surface area contributed by atoms with Crippen molar-refractivity contribution < 1.29 is 34.8 Å². The van der Waals surface area contributed by atoms with Crippen LogP contribution in [0.4, 0.5) is 0 Å². The van der Waals surface area contributed by atoms with Gasteiger partial charge in [0.15, 0.2) is 6.10 Å². The highest BCUT2D eigenvalue weighted by Crippen LogP contribution is 2.15. The van der Waals surface area contributed by atoms with Crippen LogP contribution in [0, 0.1) is 0 Å². The second-order valence-electron chi connectivity index (χ2n) is 3.92. The summed E-state index contributed by atoms with van der Waals surface area (Å²) in [4.78, 5) is 33.2. The van der Waals surface area contributed by atoms with E-state index in [1.165, 1.54) is 6.08 Å². The van der Waals surface area contributed by atoms with Gasteiger partial charge in [-0.3, -0.25) is 4.79 Å². The maximum Gasteiger partial charge on any atom is 0.347 e. The molecule has 0 aliphatic carbocycles. The zero-order valence-corrected chi connectivity index (χ0v) is 10.1. The van der Waals surface area contributed by atoms with Crippen LogP contribution >= 0.6 is 0 Å². The van der Waals surface area contributed by atoms with Gasteiger partial charge in [0.2, 0.25) is 5.78 Å². The molecule has 0 unspecified atom stereocenters. The van der Waals surface area contributed by atoms with Crippen molar-refractivity contribution in [2.75, 3.05) is 0 Å². The van der Waals surface area contributed by atoms with Crippen LogP contribution in [0.15, 0.2) is 36.4 Å². The number of rotatable bonds is 6. The van der Waals surface area contributed by atoms with Gasteiger partial charge in [-0.1, -0.05) is 36.4 Å². The Bertz CT molecular complexity index is 549. The SMILES string of the molecule is O=C(O)[C@@H](O)[C@@](O)(C(=O)O)C(=O)C=Cc1ccccc1. The molecule has 106 valence electrons. The number of aliphatic hydroxyl groups is 2. The predicted molar refractivity (Wildman–Crippen MR) is 66.7 cm³/mol. The van der Waals surface area contributed by atoms with Gasteiger partial charge in [-0.2, -0.15) is 0 Å². The molecule has 0 saturated carbocycles. The van der Waals surface area contributed by atoms with Crippen LogP contribution in [0.3, 0.4) is 0 Å². The van der Waals surface area contributed by atoms with Crippen molar-refractivity contribution in [3.05, 3.63) is 42.0 Å². The van der Waals surface area contributed by atoms with Crippen molar-refractivity contribution in [2.45, 2.75) is 11.7 Å². The Hall–Kier alpha value is -2.51. The first-order chi connectivity index (χ1) is 9.30. The van der Waals surface area contributed by atoms with Crippen molar-refractivity contribution in [3.63, 3.8) is 0 Å². The Morgan fingerprint density at radius 1 is 1.10 bits per heavy atom. The molecule has 0 bridgehead atoms. The Morgan fingerprint density at radius 2 is 1.65 bits per heavy atom. The van der Waals surface area contributed by atoms with Gasteiger partial charge in [0.05, 0.1) is 0 Å². The molecule has 0 aliphatic heterocycles. The van der Waals surface area contributed by atoms with Crippen LogP contribution in [-0.2, 0) is 14.4 Å². The summed E-state index contributed by atoms with van der Waals surface area (Å²) in [5.74, 6) is -5.60. The molecule has 0 radical (unpaired) electrons. The maximum absolute atomic E-state index is 11.7. The van der Waals surface area contributed by atoms with Crippen LogP contribution in [-0.4, -0.2) is 49.9 Å². The molecule has 1 aromatic carbocycles. The molecule has 1 rings (SSSR count). The number of hydrogen-bond acceptors (Lipinski definition) is 5. The van der Waals surface area contributed by atoms with Crippen LogP contribution in [0.5, 0.6) is 0 Å². The highest BCUT2D eigenvalue weighted by atomic mass is 16.4. The molecular formula is C13H12O7. The topological polar surface area (TPSA) is 132 Å². The van der Waals surface area contributed by atoms with E-state index < -0.39 is 29.4 Å². The van der Waals surface area contributed by atoms with E-state index in [-0.39, 0.29) is 0 Å². The first kappa shape index (κ1) is 15.5. The Labute approximate surface area is 113 Å². The predicted octanol–water partition coefficient (Wildman–Crippen LogP) is -0.470. The van der Waals surface area contributed by atoms with Crippen molar-refractivity contribution in [1.29, 1.82) is 0 Å². The zero-order valence-electron chi connectivity index (χ0n) is 10.1. The molecule has 1 aromatic rings. The van der Waals surface area contributed by atoms with Gasteiger partial charge in [0.1, 0.15) is 0 Å². The minimum absolute atomic E-state index is 0.540. The van der Waals surface area contributed by atoms with E-state index in [9.17, 15) is 24.6 Å². The average Bonchev–Trinajstić information content (AvgIpc) is 2.43. The zero-order chi connectivity index (χ0) is 15.3. The quantitative estimate of drug-likeness (QED) is 0.409. The summed E-state index contributed by atoms with van der Waals surface area (Å²) in [6, 6.07) is 8.27. The number of aliphatic carboxylic acids is 2. The molecule has 20 heavy (non-hydrogen) atoms. The number of carbonyl (C=O) groups excluding carboxylic acids is 1. The number of carboxylic acid groups (broad SMARTS) is 2. The van der Waals surface area contributed by atoms with Crippen LogP contribution in [0.2, 0.25) is 0 Å². The van der Waals surface area contributed by atoms with E-state index in [1.807, 2.05) is 0 Å². The van der Waals surface area contributed by atoms with Crippen LogP contribution in [0.1, 0.15) is 5.56 Å². The molecule has 4 N–H and O–H groups in total. The normalized spacial score (nSPS) is 15.5. The number of benzene rings is 1. The lowest BCUT2D eigenvalue weighted by molar-refractivity contribution is -0.184. The first-order valence-electron chi connectivity index (χ1n) is 5.44. The fourth-order valence-corrected chi connectivity index (χ4v) is 1.40. The van der Waals surface area contributed by atoms with Crippen LogP contribution in [0.25, 0.3) is 6.08 Å². The summed E-state index contributed by atoms with van der Waals surface area (Å²) in [7, 11) is 0. The van der Waals surface area contributed by atoms with Gasteiger partial charge in [-0.25, -0.2) is 9.59 Å². The molecule has 0 saturated heterocycles. The van der Waals surface area contributed by atoms with Gasteiger partial charge < -0.3 is 20.4 Å². The molecule has 7 nitrogen and oxygen atoms in total. The Balaban J connectivity index is 3.05. The van der Waals surface area contributed by atoms with Crippen molar-refractivity contribution in [2.24, 2.45) is 0 Å².